The lowest BCUT2D eigenvalue weighted by atomic mass is 9.97. The van der Waals surface area contributed by atoms with Crippen molar-refractivity contribution in [3.05, 3.63) is 131 Å². The second-order valence-electron chi connectivity index (χ2n) is 11.9. The van der Waals surface area contributed by atoms with E-state index in [0.717, 1.165) is 38.9 Å². The van der Waals surface area contributed by atoms with Crippen LogP contribution in [0, 0.1) is 0 Å². The Morgan fingerprint density at radius 3 is 2.26 bits per heavy atom. The van der Waals surface area contributed by atoms with Gasteiger partial charge in [-0.1, -0.05) is 126 Å². The minimum Gasteiger partial charge on any atom is -0.392 e. The van der Waals surface area contributed by atoms with Gasteiger partial charge >= 0.3 is 0 Å². The molecule has 1 saturated heterocycles. The predicted molar refractivity (Wildman–Crippen MR) is 186 cm³/mol. The number of halogens is 3. The zero-order chi connectivity index (χ0) is 33.6. The first kappa shape index (κ1) is 35.3. The third-order valence-electron chi connectivity index (χ3n) is 8.53. The van der Waals surface area contributed by atoms with Crippen LogP contribution in [-0.4, -0.2) is 50.6 Å². The van der Waals surface area contributed by atoms with E-state index in [1.807, 2.05) is 117 Å². The maximum Gasteiger partial charge on any atom is 0.272 e. The first-order valence-corrected chi connectivity index (χ1v) is 16.6. The van der Waals surface area contributed by atoms with Crippen molar-refractivity contribution in [2.24, 2.45) is 0 Å². The molecule has 5 rings (SSSR count). The molecule has 0 aliphatic carbocycles. The topological polar surface area (TPSA) is 91.3 Å². The molecule has 0 unspecified atom stereocenters. The molecule has 47 heavy (non-hydrogen) atoms. The fourth-order valence-corrected chi connectivity index (χ4v) is 5.90. The summed E-state index contributed by atoms with van der Waals surface area (Å²) in [4.78, 5) is 14.2. The Labute approximate surface area is 291 Å². The Kier molecular flexibility index (Phi) is 12.0. The van der Waals surface area contributed by atoms with E-state index in [1.165, 1.54) is 0 Å². The first-order valence-electron chi connectivity index (χ1n) is 15.5. The van der Waals surface area contributed by atoms with Gasteiger partial charge in [0.2, 0.25) is 0 Å². The van der Waals surface area contributed by atoms with Crippen LogP contribution in [-0.2, 0) is 27.4 Å². The number of carbonyl (C=O) groups excluding carboxylic acids is 1. The van der Waals surface area contributed by atoms with Gasteiger partial charge in [-0.25, -0.2) is 0 Å². The fourth-order valence-electron chi connectivity index (χ4n) is 5.70. The molecular weight excluding hydrogens is 659 g/mol. The van der Waals surface area contributed by atoms with E-state index >= 15 is 0 Å². The van der Waals surface area contributed by atoms with E-state index in [9.17, 15) is 15.0 Å². The van der Waals surface area contributed by atoms with Crippen molar-refractivity contribution in [1.29, 1.82) is 0 Å². The van der Waals surface area contributed by atoms with Crippen molar-refractivity contribution in [3.63, 3.8) is 0 Å². The maximum absolute atomic E-state index is 12.0. The maximum atomic E-state index is 12.0. The zero-order valence-corrected chi connectivity index (χ0v) is 28.5. The van der Waals surface area contributed by atoms with Gasteiger partial charge in [-0.05, 0) is 59.5 Å². The molecule has 0 bridgehead atoms. The highest BCUT2D eigenvalue weighted by atomic mass is 35.6. The number of hydrogen-bond acceptors (Lipinski definition) is 6. The fraction of sp³-hybridized carbons (Fsp3) is 0.324. The molecule has 0 aromatic heterocycles. The number of likely N-dealkylation sites (N-methyl/N-ethyl adjacent to an activating group) is 1. The minimum atomic E-state index is -2.03. The average Bonchev–Trinajstić information content (AvgIpc) is 3.10. The molecule has 248 valence electrons. The summed E-state index contributed by atoms with van der Waals surface area (Å²) in [6.07, 6.45) is -1.12. The van der Waals surface area contributed by atoms with Crippen molar-refractivity contribution in [3.8, 4) is 11.1 Å². The van der Waals surface area contributed by atoms with Crippen molar-refractivity contribution in [2.45, 2.75) is 60.9 Å². The van der Waals surface area contributed by atoms with E-state index in [-0.39, 0.29) is 31.4 Å². The quantitative estimate of drug-likeness (QED) is 0.141. The van der Waals surface area contributed by atoms with Crippen molar-refractivity contribution < 1.29 is 24.5 Å². The zero-order valence-electron chi connectivity index (χ0n) is 26.2. The van der Waals surface area contributed by atoms with Crippen LogP contribution in [0.2, 0.25) is 0 Å². The standard InChI is InChI=1S/C37H39Cl3N2O5/c1-24(34(44)28-9-4-3-5-10-28)42(2)22-32-20-33(27-16-14-25(23-43)15-17-27)47-35(46-32)31-13-7-12-30(19-31)29-11-6-8-26(18-29)21-41-36(45)37(38,39)40/h3-19,24,32-35,43-44H,20-23H2,1-2H3,(H,41,45)/t24-,32+,33-,34-,35-/m1/s1. The summed E-state index contributed by atoms with van der Waals surface area (Å²) in [6.45, 7) is 2.77. The SMILES string of the molecule is C[C@H]([C@@H](O)c1ccccc1)N(C)C[C@@H]1C[C@H](c2ccc(CO)cc2)O[C@H](c2cccc(-c3cccc(CNC(=O)C(Cl)(Cl)Cl)c3)c2)O1. The molecule has 4 aromatic rings. The molecule has 1 amide bonds. The lowest BCUT2D eigenvalue weighted by Crippen LogP contribution is -2.43. The summed E-state index contributed by atoms with van der Waals surface area (Å²) < 4.78 is 11.2. The largest absolute Gasteiger partial charge is 0.392 e. The summed E-state index contributed by atoms with van der Waals surface area (Å²) in [7, 11) is 2.00. The lowest BCUT2D eigenvalue weighted by molar-refractivity contribution is -0.253. The molecule has 3 N–H and O–H groups in total. The van der Waals surface area contributed by atoms with Gasteiger partial charge < -0.3 is 25.0 Å². The van der Waals surface area contributed by atoms with Gasteiger partial charge in [-0.15, -0.1) is 0 Å². The number of hydrogen-bond donors (Lipinski definition) is 3. The summed E-state index contributed by atoms with van der Waals surface area (Å²) in [6, 6.07) is 33.1. The number of amides is 1. The van der Waals surface area contributed by atoms with Crippen molar-refractivity contribution in [1.82, 2.24) is 10.2 Å². The van der Waals surface area contributed by atoms with Gasteiger partial charge in [0, 0.05) is 31.1 Å². The molecule has 1 fully saturated rings. The number of ether oxygens (including phenoxy) is 2. The highest BCUT2D eigenvalue weighted by Gasteiger charge is 2.34. The summed E-state index contributed by atoms with van der Waals surface area (Å²) in [5.41, 5.74) is 6.31. The Bertz CT molecular complexity index is 1620. The number of nitrogens with zero attached hydrogens (tertiary/aromatic N) is 1. The van der Waals surface area contributed by atoms with Crippen LogP contribution < -0.4 is 5.32 Å². The predicted octanol–water partition coefficient (Wildman–Crippen LogP) is 7.43. The smallest absolute Gasteiger partial charge is 0.272 e. The van der Waals surface area contributed by atoms with E-state index in [4.69, 9.17) is 44.3 Å². The number of carbonyl (C=O) groups is 1. The van der Waals surface area contributed by atoms with Crippen LogP contribution in [0.15, 0.2) is 103 Å². The Hall–Kier alpha value is -2.98. The molecule has 4 aromatic carbocycles. The molecule has 10 heteroatoms. The second-order valence-corrected chi connectivity index (χ2v) is 14.2. The molecule has 0 spiro atoms. The van der Waals surface area contributed by atoms with Gasteiger partial charge in [0.15, 0.2) is 6.29 Å². The lowest BCUT2D eigenvalue weighted by Gasteiger charge is -2.39. The van der Waals surface area contributed by atoms with Gasteiger partial charge in [0.1, 0.15) is 0 Å². The number of aliphatic hydroxyl groups excluding tert-OH is 2. The summed E-state index contributed by atoms with van der Waals surface area (Å²) in [5.74, 6) is -0.689. The third-order valence-corrected chi connectivity index (χ3v) is 9.04. The van der Waals surface area contributed by atoms with Crippen LogP contribution in [0.3, 0.4) is 0 Å². The first-order chi connectivity index (χ1) is 22.5. The number of aliphatic hydroxyl groups is 2. The van der Waals surface area contributed by atoms with Crippen LogP contribution in [0.4, 0.5) is 0 Å². The van der Waals surface area contributed by atoms with E-state index in [0.29, 0.717) is 13.0 Å². The molecule has 1 heterocycles. The third kappa shape index (κ3) is 9.34. The minimum absolute atomic E-state index is 0.0279. The van der Waals surface area contributed by atoms with Gasteiger partial charge in [0.05, 0.1) is 24.9 Å². The van der Waals surface area contributed by atoms with Crippen LogP contribution in [0.5, 0.6) is 0 Å². The number of nitrogens with one attached hydrogen (secondary N) is 1. The van der Waals surface area contributed by atoms with Gasteiger partial charge in [-0.3, -0.25) is 9.69 Å². The molecule has 1 aliphatic rings. The average molecular weight is 698 g/mol. The molecule has 1 aliphatic heterocycles. The summed E-state index contributed by atoms with van der Waals surface area (Å²) in [5, 5.41) is 23.3. The van der Waals surface area contributed by atoms with Gasteiger partial charge in [-0.2, -0.15) is 0 Å². The van der Waals surface area contributed by atoms with E-state index in [2.05, 4.69) is 10.2 Å². The molecule has 0 saturated carbocycles. The summed E-state index contributed by atoms with van der Waals surface area (Å²) >= 11 is 17.1. The van der Waals surface area contributed by atoms with Crippen molar-refractivity contribution >= 4 is 40.7 Å². The van der Waals surface area contributed by atoms with Gasteiger partial charge in [0.25, 0.3) is 9.70 Å². The Morgan fingerprint density at radius 2 is 1.57 bits per heavy atom. The molecule has 0 radical (unpaired) electrons. The number of alkyl halides is 3. The number of rotatable bonds is 11. The number of benzene rings is 4. The Balaban J connectivity index is 1.36. The molecule has 5 atom stereocenters. The monoisotopic (exact) mass is 696 g/mol. The molecular formula is C37H39Cl3N2O5. The van der Waals surface area contributed by atoms with Crippen LogP contribution in [0.1, 0.15) is 59.7 Å². The Morgan fingerprint density at radius 1 is 0.894 bits per heavy atom. The van der Waals surface area contributed by atoms with Crippen LogP contribution >= 0.6 is 34.8 Å². The van der Waals surface area contributed by atoms with E-state index in [1.54, 1.807) is 0 Å². The van der Waals surface area contributed by atoms with E-state index < -0.39 is 22.1 Å². The normalized spacial score (nSPS) is 19.7. The van der Waals surface area contributed by atoms with Crippen molar-refractivity contribution in [2.75, 3.05) is 13.6 Å². The molecule has 7 nitrogen and oxygen atoms in total. The highest BCUT2D eigenvalue weighted by Crippen LogP contribution is 2.39. The second kappa shape index (κ2) is 15.9. The highest BCUT2D eigenvalue weighted by molar-refractivity contribution is 6.76. The van der Waals surface area contributed by atoms with Crippen LogP contribution in [0.25, 0.3) is 11.1 Å².